The van der Waals surface area contributed by atoms with Crippen molar-refractivity contribution in [2.75, 3.05) is 14.2 Å². The zero-order valence-electron chi connectivity index (χ0n) is 13.7. The molecule has 22 heavy (non-hydrogen) atoms. The molecule has 118 valence electrons. The Morgan fingerprint density at radius 1 is 1.32 bits per heavy atom. The van der Waals surface area contributed by atoms with Crippen LogP contribution in [-0.4, -0.2) is 30.0 Å². The summed E-state index contributed by atoms with van der Waals surface area (Å²) < 4.78 is 12.0. The average molecular weight is 302 g/mol. The summed E-state index contributed by atoms with van der Waals surface area (Å²) in [4.78, 5) is 11.8. The number of benzene rings is 1. The van der Waals surface area contributed by atoms with E-state index in [1.807, 2.05) is 49.7 Å². The maximum absolute atomic E-state index is 11.8. The Morgan fingerprint density at radius 2 is 2.05 bits per heavy atom. The number of ether oxygens (including phenoxy) is 2. The predicted molar refractivity (Wildman–Crippen MR) is 84.2 cm³/mol. The summed E-state index contributed by atoms with van der Waals surface area (Å²) in [5.74, 6) is 0.262. The minimum Gasteiger partial charge on any atom is -0.497 e. The molecule has 1 aromatic carbocycles. The van der Waals surface area contributed by atoms with Gasteiger partial charge in [-0.2, -0.15) is 5.10 Å². The molecule has 1 atom stereocenters. The predicted octanol–water partition coefficient (Wildman–Crippen LogP) is 2.83. The lowest BCUT2D eigenvalue weighted by atomic mass is 9.99. The second kappa shape index (κ2) is 6.64. The van der Waals surface area contributed by atoms with Gasteiger partial charge in [-0.05, 0) is 38.5 Å². The molecule has 5 nitrogen and oxygen atoms in total. The minimum absolute atomic E-state index is 0.243. The van der Waals surface area contributed by atoms with Crippen LogP contribution in [0.1, 0.15) is 35.4 Å². The summed E-state index contributed by atoms with van der Waals surface area (Å²) in [5.41, 5.74) is 3.88. The lowest BCUT2D eigenvalue weighted by molar-refractivity contribution is -0.142. The first-order chi connectivity index (χ1) is 10.5. The number of nitrogens with zero attached hydrogens (tertiary/aromatic N) is 2. The fourth-order valence-corrected chi connectivity index (χ4v) is 2.73. The van der Waals surface area contributed by atoms with E-state index in [1.54, 1.807) is 7.11 Å². The SMILES string of the molecule is COC(=O)[C@H](C)c1c(C)nn(Cc2cccc(OC)c2)c1C. The molecule has 0 spiro atoms. The molecule has 0 aliphatic carbocycles. The Labute approximate surface area is 130 Å². The molecule has 0 aliphatic rings. The van der Waals surface area contributed by atoms with Crippen molar-refractivity contribution in [1.82, 2.24) is 9.78 Å². The molecule has 1 aromatic heterocycles. The van der Waals surface area contributed by atoms with Crippen LogP contribution < -0.4 is 4.74 Å². The topological polar surface area (TPSA) is 53.3 Å². The highest BCUT2D eigenvalue weighted by molar-refractivity contribution is 5.78. The van der Waals surface area contributed by atoms with E-state index in [9.17, 15) is 4.79 Å². The van der Waals surface area contributed by atoms with E-state index in [1.165, 1.54) is 7.11 Å². The Hall–Kier alpha value is -2.30. The van der Waals surface area contributed by atoms with E-state index in [2.05, 4.69) is 5.10 Å². The molecule has 5 heteroatoms. The number of aryl methyl sites for hydroxylation is 1. The number of carbonyl (C=O) groups is 1. The molecule has 0 aliphatic heterocycles. The number of hydrogen-bond donors (Lipinski definition) is 0. The third-order valence-electron chi connectivity index (χ3n) is 3.89. The molecule has 0 amide bonds. The van der Waals surface area contributed by atoms with Crippen molar-refractivity contribution in [3.8, 4) is 5.75 Å². The van der Waals surface area contributed by atoms with Gasteiger partial charge in [-0.3, -0.25) is 9.48 Å². The third kappa shape index (κ3) is 3.13. The normalized spacial score (nSPS) is 12.0. The van der Waals surface area contributed by atoms with Gasteiger partial charge < -0.3 is 9.47 Å². The molecular weight excluding hydrogens is 280 g/mol. The van der Waals surface area contributed by atoms with E-state index < -0.39 is 0 Å². The van der Waals surface area contributed by atoms with Crippen LogP contribution in [0.25, 0.3) is 0 Å². The first kappa shape index (κ1) is 16.1. The van der Waals surface area contributed by atoms with Crippen molar-refractivity contribution >= 4 is 5.97 Å². The molecule has 0 saturated carbocycles. The number of rotatable bonds is 5. The minimum atomic E-state index is -0.316. The fraction of sp³-hybridized carbons (Fsp3) is 0.412. The van der Waals surface area contributed by atoms with Gasteiger partial charge in [0.1, 0.15) is 5.75 Å². The first-order valence-electron chi connectivity index (χ1n) is 7.22. The number of methoxy groups -OCH3 is 2. The summed E-state index contributed by atoms with van der Waals surface area (Å²) in [7, 11) is 3.06. The second-order valence-electron chi connectivity index (χ2n) is 5.34. The average Bonchev–Trinajstić information content (AvgIpc) is 2.80. The van der Waals surface area contributed by atoms with Gasteiger partial charge >= 0.3 is 5.97 Å². The molecule has 2 aromatic rings. The van der Waals surface area contributed by atoms with Crippen molar-refractivity contribution in [1.29, 1.82) is 0 Å². The van der Waals surface area contributed by atoms with Gasteiger partial charge in [0.15, 0.2) is 0 Å². The molecule has 0 unspecified atom stereocenters. The van der Waals surface area contributed by atoms with Gasteiger partial charge in [-0.15, -0.1) is 0 Å². The molecule has 2 rings (SSSR count). The van der Waals surface area contributed by atoms with Gasteiger partial charge in [0.2, 0.25) is 0 Å². The van der Waals surface area contributed by atoms with Gasteiger partial charge in [-0.1, -0.05) is 12.1 Å². The van der Waals surface area contributed by atoms with E-state index >= 15 is 0 Å². The molecule has 0 saturated heterocycles. The molecule has 0 fully saturated rings. The summed E-state index contributed by atoms with van der Waals surface area (Å²) in [5, 5.41) is 4.57. The van der Waals surface area contributed by atoms with Crippen LogP contribution >= 0.6 is 0 Å². The van der Waals surface area contributed by atoms with Crippen LogP contribution in [0.15, 0.2) is 24.3 Å². The van der Waals surface area contributed by atoms with Gasteiger partial charge in [0, 0.05) is 11.3 Å². The summed E-state index contributed by atoms with van der Waals surface area (Å²) in [6.07, 6.45) is 0. The zero-order valence-corrected chi connectivity index (χ0v) is 13.7. The lowest BCUT2D eigenvalue weighted by Crippen LogP contribution is -2.13. The highest BCUT2D eigenvalue weighted by Crippen LogP contribution is 2.25. The largest absolute Gasteiger partial charge is 0.497 e. The Kier molecular flexibility index (Phi) is 4.85. The Bertz CT molecular complexity index is 677. The van der Waals surface area contributed by atoms with Crippen molar-refractivity contribution in [3.05, 3.63) is 46.8 Å². The summed E-state index contributed by atoms with van der Waals surface area (Å²) in [6.45, 7) is 6.38. The van der Waals surface area contributed by atoms with Gasteiger partial charge in [0.25, 0.3) is 0 Å². The second-order valence-corrected chi connectivity index (χ2v) is 5.34. The van der Waals surface area contributed by atoms with Crippen molar-refractivity contribution < 1.29 is 14.3 Å². The Morgan fingerprint density at radius 3 is 2.68 bits per heavy atom. The van der Waals surface area contributed by atoms with Gasteiger partial charge in [-0.25, -0.2) is 0 Å². The summed E-state index contributed by atoms with van der Waals surface area (Å²) in [6, 6.07) is 7.88. The maximum Gasteiger partial charge on any atom is 0.312 e. The van der Waals surface area contributed by atoms with Crippen LogP contribution in [0.5, 0.6) is 5.75 Å². The van der Waals surface area contributed by atoms with Crippen LogP contribution in [-0.2, 0) is 16.1 Å². The van der Waals surface area contributed by atoms with Crippen LogP contribution in [0, 0.1) is 13.8 Å². The van der Waals surface area contributed by atoms with Gasteiger partial charge in [0.05, 0.1) is 32.4 Å². The molecule has 0 bridgehead atoms. The molecule has 0 radical (unpaired) electrons. The lowest BCUT2D eigenvalue weighted by Gasteiger charge is -2.11. The van der Waals surface area contributed by atoms with Crippen molar-refractivity contribution in [2.45, 2.75) is 33.2 Å². The van der Waals surface area contributed by atoms with Crippen molar-refractivity contribution in [3.63, 3.8) is 0 Å². The van der Waals surface area contributed by atoms with Crippen LogP contribution in [0.2, 0.25) is 0 Å². The third-order valence-corrected chi connectivity index (χ3v) is 3.89. The van der Waals surface area contributed by atoms with Crippen LogP contribution in [0.3, 0.4) is 0 Å². The molecule has 1 heterocycles. The smallest absolute Gasteiger partial charge is 0.312 e. The zero-order chi connectivity index (χ0) is 16.3. The van der Waals surface area contributed by atoms with Crippen molar-refractivity contribution in [2.24, 2.45) is 0 Å². The van der Waals surface area contributed by atoms with E-state index in [4.69, 9.17) is 9.47 Å². The number of hydrogen-bond acceptors (Lipinski definition) is 4. The molecule has 0 N–H and O–H groups in total. The van der Waals surface area contributed by atoms with E-state index in [0.717, 1.165) is 28.3 Å². The highest BCUT2D eigenvalue weighted by atomic mass is 16.5. The number of aromatic nitrogens is 2. The maximum atomic E-state index is 11.8. The number of esters is 1. The first-order valence-corrected chi connectivity index (χ1v) is 7.22. The van der Waals surface area contributed by atoms with Crippen LogP contribution in [0.4, 0.5) is 0 Å². The standard InChI is InChI=1S/C17H22N2O3/c1-11(17(20)22-5)16-12(2)18-19(13(16)3)10-14-7-6-8-15(9-14)21-4/h6-9,11H,10H2,1-5H3/t11-/m1/s1. The number of carbonyl (C=O) groups excluding carboxylic acids is 1. The highest BCUT2D eigenvalue weighted by Gasteiger charge is 2.23. The monoisotopic (exact) mass is 302 g/mol. The quantitative estimate of drug-likeness (QED) is 0.797. The Balaban J connectivity index is 2.31. The summed E-state index contributed by atoms with van der Waals surface area (Å²) >= 11 is 0. The fourth-order valence-electron chi connectivity index (χ4n) is 2.73. The molecular formula is C17H22N2O3. The van der Waals surface area contributed by atoms with E-state index in [-0.39, 0.29) is 11.9 Å². The van der Waals surface area contributed by atoms with E-state index in [0.29, 0.717) is 6.54 Å².